The normalized spacial score (nSPS) is 7.00. The maximum absolute atomic E-state index is 3.54. The Hall–Kier alpha value is -0.0200. The maximum atomic E-state index is 3.54. The zero-order valence-corrected chi connectivity index (χ0v) is 10.8. The quantitative estimate of drug-likeness (QED) is 0.553. The van der Waals surface area contributed by atoms with Crippen molar-refractivity contribution in [1.82, 2.24) is 10.6 Å². The monoisotopic (exact) mass is 242 g/mol. The summed E-state index contributed by atoms with van der Waals surface area (Å²) in [6.45, 7) is 15.2. The van der Waals surface area contributed by atoms with Gasteiger partial charge in [0.15, 0.2) is 0 Å². The summed E-state index contributed by atoms with van der Waals surface area (Å²) in [5.41, 5.74) is 0. The summed E-state index contributed by atoms with van der Waals surface area (Å²) < 4.78 is 0. The highest BCUT2D eigenvalue weighted by atomic mass is 35.5. The Morgan fingerprint density at radius 3 is 1.36 bits per heavy atom. The van der Waals surface area contributed by atoms with E-state index in [4.69, 9.17) is 0 Å². The molecule has 0 aromatic carbocycles. The summed E-state index contributed by atoms with van der Waals surface area (Å²) in [4.78, 5) is 0. The Kier molecular flexibility index (Phi) is 49.4. The first-order chi connectivity index (χ1) is 5.83. The van der Waals surface area contributed by atoms with Crippen molar-refractivity contribution >= 4 is 24.8 Å². The van der Waals surface area contributed by atoms with Crippen molar-refractivity contribution in [2.75, 3.05) is 26.2 Å². The zero-order valence-electron chi connectivity index (χ0n) is 9.21. The molecule has 0 aliphatic rings. The Labute approximate surface area is 101 Å². The van der Waals surface area contributed by atoms with Crippen LogP contribution >= 0.6 is 24.8 Å². The summed E-state index contributed by atoms with van der Waals surface area (Å²) in [6, 6.07) is 0. The lowest BCUT2D eigenvalue weighted by Crippen LogP contribution is -2.11. The van der Waals surface area contributed by atoms with E-state index in [0.717, 1.165) is 26.2 Å². The van der Waals surface area contributed by atoms with Crippen LogP contribution in [0.5, 0.6) is 0 Å². The van der Waals surface area contributed by atoms with E-state index >= 15 is 0 Å². The lowest BCUT2D eigenvalue weighted by Gasteiger charge is -1.90. The topological polar surface area (TPSA) is 24.1 Å². The van der Waals surface area contributed by atoms with Crippen LogP contribution in [0, 0.1) is 0 Å². The van der Waals surface area contributed by atoms with Crippen LogP contribution in [-0.4, -0.2) is 26.2 Å². The van der Waals surface area contributed by atoms with Crippen LogP contribution in [0.15, 0.2) is 25.3 Å². The highest BCUT2D eigenvalue weighted by Crippen LogP contribution is 1.59. The molecule has 0 aliphatic carbocycles. The molecular weight excluding hydrogens is 219 g/mol. The molecule has 0 saturated heterocycles. The van der Waals surface area contributed by atoms with E-state index in [0.29, 0.717) is 0 Å². The van der Waals surface area contributed by atoms with Crippen LogP contribution in [0.25, 0.3) is 0 Å². The van der Waals surface area contributed by atoms with E-state index in [1.807, 2.05) is 12.2 Å². The number of hydrogen-bond acceptors (Lipinski definition) is 2. The third-order valence-corrected chi connectivity index (χ3v) is 1.08. The van der Waals surface area contributed by atoms with Gasteiger partial charge in [0.25, 0.3) is 0 Å². The summed E-state index contributed by atoms with van der Waals surface area (Å²) in [6.07, 6.45) is 3.65. The van der Waals surface area contributed by atoms with Gasteiger partial charge in [-0.3, -0.25) is 0 Å². The van der Waals surface area contributed by atoms with Gasteiger partial charge in [0, 0.05) is 13.1 Å². The molecule has 0 radical (unpaired) electrons. The van der Waals surface area contributed by atoms with E-state index in [2.05, 4.69) is 37.6 Å². The van der Waals surface area contributed by atoms with Crippen LogP contribution in [0.3, 0.4) is 0 Å². The lowest BCUT2D eigenvalue weighted by molar-refractivity contribution is 0.762. The second-order valence-corrected chi connectivity index (χ2v) is 2.19. The molecule has 0 aromatic rings. The predicted molar refractivity (Wildman–Crippen MR) is 72.0 cm³/mol. The van der Waals surface area contributed by atoms with Gasteiger partial charge in [-0.2, -0.15) is 0 Å². The maximum Gasteiger partial charge on any atom is 0.0135 e. The van der Waals surface area contributed by atoms with E-state index < -0.39 is 0 Å². The standard InChI is InChI=1S/C6H11N.C4H11N.2ClH/c1-3-5-7-6-4-2;1-3-5-4-2;;/h3-4,7H,1-2,5-6H2;5H,3-4H2,1-2H3;2*1H. The fourth-order valence-electron chi connectivity index (χ4n) is 0.537. The fraction of sp³-hybridized carbons (Fsp3) is 0.600. The van der Waals surface area contributed by atoms with Crippen molar-refractivity contribution in [3.05, 3.63) is 25.3 Å². The Bertz CT molecular complexity index is 88.1. The Morgan fingerprint density at radius 2 is 1.21 bits per heavy atom. The first-order valence-corrected chi connectivity index (χ1v) is 4.46. The summed E-state index contributed by atoms with van der Waals surface area (Å²) in [5.74, 6) is 0. The van der Waals surface area contributed by atoms with Gasteiger partial charge in [-0.25, -0.2) is 0 Å². The molecule has 0 amide bonds. The largest absolute Gasteiger partial charge is 0.317 e. The van der Waals surface area contributed by atoms with Gasteiger partial charge in [-0.1, -0.05) is 26.0 Å². The first-order valence-electron chi connectivity index (χ1n) is 4.46. The SMILES string of the molecule is C=CCNCC=C.CCNCC.Cl.Cl. The second-order valence-electron chi connectivity index (χ2n) is 2.19. The van der Waals surface area contributed by atoms with Gasteiger partial charge in [-0.05, 0) is 13.1 Å². The van der Waals surface area contributed by atoms with Gasteiger partial charge in [0.05, 0.1) is 0 Å². The molecule has 0 atom stereocenters. The first kappa shape index (κ1) is 23.6. The molecule has 88 valence electrons. The Morgan fingerprint density at radius 1 is 0.857 bits per heavy atom. The van der Waals surface area contributed by atoms with Crippen molar-refractivity contribution in [2.45, 2.75) is 13.8 Å². The van der Waals surface area contributed by atoms with E-state index in [9.17, 15) is 0 Å². The molecular formula is C10H24Cl2N2. The number of nitrogens with one attached hydrogen (secondary N) is 2. The average Bonchev–Trinajstić information content (AvgIpc) is 2.08. The molecule has 0 heterocycles. The van der Waals surface area contributed by atoms with Gasteiger partial charge < -0.3 is 10.6 Å². The number of hydrogen-bond donors (Lipinski definition) is 2. The highest BCUT2D eigenvalue weighted by molar-refractivity contribution is 5.85. The lowest BCUT2D eigenvalue weighted by atomic mass is 10.5. The predicted octanol–water partition coefficient (Wildman–Crippen LogP) is 2.41. The minimum atomic E-state index is 0. The molecule has 0 rings (SSSR count). The molecule has 4 heteroatoms. The van der Waals surface area contributed by atoms with E-state index in [-0.39, 0.29) is 24.8 Å². The van der Waals surface area contributed by atoms with E-state index in [1.165, 1.54) is 0 Å². The molecule has 2 N–H and O–H groups in total. The number of halogens is 2. The van der Waals surface area contributed by atoms with Crippen molar-refractivity contribution in [2.24, 2.45) is 0 Å². The average molecular weight is 243 g/mol. The van der Waals surface area contributed by atoms with Crippen molar-refractivity contribution in [3.63, 3.8) is 0 Å². The van der Waals surface area contributed by atoms with Gasteiger partial charge >= 0.3 is 0 Å². The third kappa shape index (κ3) is 40.4. The van der Waals surface area contributed by atoms with Crippen LogP contribution < -0.4 is 10.6 Å². The summed E-state index contributed by atoms with van der Waals surface area (Å²) >= 11 is 0. The Balaban J connectivity index is -0.0000000651. The molecule has 2 nitrogen and oxygen atoms in total. The highest BCUT2D eigenvalue weighted by Gasteiger charge is 1.69. The van der Waals surface area contributed by atoms with Crippen molar-refractivity contribution in [1.29, 1.82) is 0 Å². The van der Waals surface area contributed by atoms with Gasteiger partial charge in [-0.15, -0.1) is 38.0 Å². The molecule has 0 unspecified atom stereocenters. The van der Waals surface area contributed by atoms with E-state index in [1.54, 1.807) is 0 Å². The minimum Gasteiger partial charge on any atom is -0.317 e. The van der Waals surface area contributed by atoms with Crippen LogP contribution in [0.4, 0.5) is 0 Å². The molecule has 0 aliphatic heterocycles. The zero-order chi connectivity index (χ0) is 9.66. The van der Waals surface area contributed by atoms with Crippen LogP contribution in [-0.2, 0) is 0 Å². The molecule has 14 heavy (non-hydrogen) atoms. The fourth-order valence-corrected chi connectivity index (χ4v) is 0.537. The van der Waals surface area contributed by atoms with Gasteiger partial charge in [0.2, 0.25) is 0 Å². The minimum absolute atomic E-state index is 0. The number of rotatable bonds is 6. The van der Waals surface area contributed by atoms with Crippen LogP contribution in [0.2, 0.25) is 0 Å². The van der Waals surface area contributed by atoms with Crippen molar-refractivity contribution < 1.29 is 0 Å². The van der Waals surface area contributed by atoms with Gasteiger partial charge in [0.1, 0.15) is 0 Å². The summed E-state index contributed by atoms with van der Waals surface area (Å²) in [5, 5.41) is 6.16. The van der Waals surface area contributed by atoms with Crippen LogP contribution in [0.1, 0.15) is 13.8 Å². The third-order valence-electron chi connectivity index (χ3n) is 1.08. The molecule has 0 bridgehead atoms. The second kappa shape index (κ2) is 29.3. The molecule has 0 aromatic heterocycles. The molecule has 0 saturated carbocycles. The molecule has 0 fully saturated rings. The van der Waals surface area contributed by atoms with Crippen molar-refractivity contribution in [3.8, 4) is 0 Å². The summed E-state index contributed by atoms with van der Waals surface area (Å²) in [7, 11) is 0. The smallest absolute Gasteiger partial charge is 0.0135 e. The molecule has 0 spiro atoms.